The largest absolute Gasteiger partial charge is 0.340 e. The van der Waals surface area contributed by atoms with Crippen LogP contribution < -0.4 is 5.32 Å². The Bertz CT molecular complexity index is 677. The van der Waals surface area contributed by atoms with Crippen LogP contribution in [0.3, 0.4) is 0 Å². The maximum Gasteiger partial charge on any atom is 0.324 e. The normalized spacial score (nSPS) is 14.8. The predicted octanol–water partition coefficient (Wildman–Crippen LogP) is 0.939. The zero-order valence-electron chi connectivity index (χ0n) is 11.0. The van der Waals surface area contributed by atoms with Gasteiger partial charge >= 0.3 is 6.03 Å². The maximum absolute atomic E-state index is 11.5. The Hall–Kier alpha value is -2.63. The molecule has 1 radical (unpaired) electrons. The van der Waals surface area contributed by atoms with E-state index in [4.69, 9.17) is 0 Å². The Kier molecular flexibility index (Phi) is 2.98. The van der Waals surface area contributed by atoms with Crippen LogP contribution in [0.1, 0.15) is 5.56 Å². The molecule has 1 fully saturated rings. The van der Waals surface area contributed by atoms with Gasteiger partial charge in [-0.05, 0) is 17.7 Å². The van der Waals surface area contributed by atoms with Gasteiger partial charge in [0.05, 0.1) is 12.0 Å². The minimum absolute atomic E-state index is 0.108. The predicted molar refractivity (Wildman–Crippen MR) is 71.4 cm³/mol. The fraction of sp³-hybridized carbons (Fsp3) is 0.214. The van der Waals surface area contributed by atoms with Crippen molar-refractivity contribution in [3.8, 4) is 11.3 Å². The van der Waals surface area contributed by atoms with Crippen molar-refractivity contribution in [3.05, 3.63) is 42.4 Å². The number of carbonyl (C=O) groups excluding carboxylic acids is 2. The molecule has 6 heteroatoms. The monoisotopic (exact) mass is 269 g/mol. The molecule has 1 aromatic carbocycles. The molecule has 1 N–H and O–H groups in total. The van der Waals surface area contributed by atoms with Crippen molar-refractivity contribution in [2.75, 3.05) is 6.54 Å². The highest BCUT2D eigenvalue weighted by molar-refractivity contribution is 6.01. The average Bonchev–Trinajstić information content (AvgIpc) is 2.97. The van der Waals surface area contributed by atoms with Crippen LogP contribution in [0.2, 0.25) is 0 Å². The minimum Gasteiger partial charge on any atom is -0.340 e. The molecule has 3 amide bonds. The van der Waals surface area contributed by atoms with Crippen LogP contribution >= 0.6 is 0 Å². The van der Waals surface area contributed by atoms with E-state index in [1.165, 1.54) is 4.90 Å². The number of benzene rings is 1. The van der Waals surface area contributed by atoms with Crippen LogP contribution in [-0.2, 0) is 18.4 Å². The molecular weight excluding hydrogens is 256 g/mol. The van der Waals surface area contributed by atoms with Crippen molar-refractivity contribution in [2.45, 2.75) is 6.54 Å². The number of urea groups is 1. The van der Waals surface area contributed by atoms with Crippen molar-refractivity contribution in [3.63, 3.8) is 0 Å². The summed E-state index contributed by atoms with van der Waals surface area (Å²) in [5, 5.41) is 2.26. The molecule has 3 rings (SSSR count). The van der Waals surface area contributed by atoms with Crippen molar-refractivity contribution >= 4 is 11.9 Å². The maximum atomic E-state index is 11.5. The number of imide groups is 1. The lowest BCUT2D eigenvalue weighted by Crippen LogP contribution is -2.27. The van der Waals surface area contributed by atoms with Crippen molar-refractivity contribution in [2.24, 2.45) is 7.05 Å². The molecule has 0 atom stereocenters. The molecule has 1 aliphatic rings. The van der Waals surface area contributed by atoms with Gasteiger partial charge in [-0.25, -0.2) is 9.78 Å². The molecule has 2 aromatic rings. The molecule has 20 heavy (non-hydrogen) atoms. The summed E-state index contributed by atoms with van der Waals surface area (Å²) in [6.45, 7) is 0.502. The van der Waals surface area contributed by atoms with Crippen molar-refractivity contribution < 1.29 is 9.59 Å². The summed E-state index contributed by atoms with van der Waals surface area (Å²) in [6.07, 6.45) is 3.63. The number of aromatic nitrogens is 2. The van der Waals surface area contributed by atoms with Crippen LogP contribution in [0, 0.1) is 6.07 Å². The van der Waals surface area contributed by atoms with Crippen molar-refractivity contribution in [1.82, 2.24) is 19.8 Å². The number of rotatable bonds is 3. The Morgan fingerprint density at radius 2 is 2.30 bits per heavy atom. The number of hydrogen-bond acceptors (Lipinski definition) is 3. The van der Waals surface area contributed by atoms with Crippen LogP contribution in [0.4, 0.5) is 4.79 Å². The van der Waals surface area contributed by atoms with Gasteiger partial charge in [0.1, 0.15) is 6.54 Å². The van der Waals surface area contributed by atoms with E-state index in [2.05, 4.69) is 16.4 Å². The molecule has 0 saturated carbocycles. The lowest BCUT2D eigenvalue weighted by molar-refractivity contribution is -0.118. The Morgan fingerprint density at radius 3 is 2.95 bits per heavy atom. The summed E-state index contributed by atoms with van der Waals surface area (Å²) >= 11 is 0. The van der Waals surface area contributed by atoms with Crippen LogP contribution in [0.15, 0.2) is 30.7 Å². The van der Waals surface area contributed by atoms with Gasteiger partial charge in [0.2, 0.25) is 5.91 Å². The summed E-state index contributed by atoms with van der Waals surface area (Å²) < 4.78 is 1.86. The number of amides is 3. The molecule has 0 aliphatic carbocycles. The second-order valence-electron chi connectivity index (χ2n) is 4.74. The van der Waals surface area contributed by atoms with E-state index in [1.807, 2.05) is 29.9 Å². The standard InChI is InChI=1S/C14H13N4O2/c1-17-7-12(15-9-17)11-4-2-3-10(5-11)6-18-8-13(19)16-14(18)20/h2-3,5,7,9H,6,8H2,1H3,(H,16,19,20). The Balaban J connectivity index is 1.81. The highest BCUT2D eigenvalue weighted by Crippen LogP contribution is 2.19. The third-order valence-electron chi connectivity index (χ3n) is 3.09. The van der Waals surface area contributed by atoms with Gasteiger partial charge in [0, 0.05) is 25.4 Å². The first-order valence-corrected chi connectivity index (χ1v) is 6.19. The van der Waals surface area contributed by atoms with Crippen molar-refractivity contribution in [1.29, 1.82) is 0 Å². The molecule has 101 valence electrons. The molecule has 0 unspecified atom stereocenters. The topological polar surface area (TPSA) is 67.2 Å². The molecule has 0 spiro atoms. The number of imidazole rings is 1. The smallest absolute Gasteiger partial charge is 0.324 e. The van der Waals surface area contributed by atoms with E-state index in [9.17, 15) is 9.59 Å². The molecule has 1 aromatic heterocycles. The van der Waals surface area contributed by atoms with Crippen LogP contribution in [0.5, 0.6) is 0 Å². The summed E-state index contributed by atoms with van der Waals surface area (Å²) in [5.41, 5.74) is 2.64. The molecule has 2 heterocycles. The molecule has 1 saturated heterocycles. The van der Waals surface area contributed by atoms with E-state index in [0.717, 1.165) is 16.8 Å². The summed E-state index contributed by atoms with van der Waals surface area (Å²) in [7, 11) is 1.90. The first-order valence-electron chi connectivity index (χ1n) is 6.19. The van der Waals surface area contributed by atoms with E-state index in [1.54, 1.807) is 12.4 Å². The van der Waals surface area contributed by atoms with Crippen LogP contribution in [-0.4, -0.2) is 32.9 Å². The Labute approximate surface area is 116 Å². The van der Waals surface area contributed by atoms with E-state index >= 15 is 0 Å². The average molecular weight is 269 g/mol. The van der Waals surface area contributed by atoms with Gasteiger partial charge in [-0.1, -0.05) is 12.1 Å². The Morgan fingerprint density at radius 1 is 1.45 bits per heavy atom. The quantitative estimate of drug-likeness (QED) is 0.843. The fourth-order valence-corrected chi connectivity index (χ4v) is 2.14. The fourth-order valence-electron chi connectivity index (χ4n) is 2.14. The van der Waals surface area contributed by atoms with Gasteiger partial charge in [0.25, 0.3) is 0 Å². The van der Waals surface area contributed by atoms with E-state index < -0.39 is 0 Å². The van der Waals surface area contributed by atoms with Crippen LogP contribution in [0.25, 0.3) is 11.3 Å². The first-order chi connectivity index (χ1) is 9.61. The van der Waals surface area contributed by atoms with Gasteiger partial charge in [-0.2, -0.15) is 0 Å². The van der Waals surface area contributed by atoms with Gasteiger partial charge in [-0.15, -0.1) is 0 Å². The highest BCUT2D eigenvalue weighted by atomic mass is 16.2. The second kappa shape index (κ2) is 4.80. The molecule has 1 aliphatic heterocycles. The number of nitrogens with zero attached hydrogens (tertiary/aromatic N) is 3. The van der Waals surface area contributed by atoms with Gasteiger partial charge in [-0.3, -0.25) is 10.1 Å². The zero-order valence-corrected chi connectivity index (χ0v) is 11.0. The third kappa shape index (κ3) is 2.40. The minimum atomic E-state index is -0.345. The summed E-state index contributed by atoms with van der Waals surface area (Å²) in [6, 6.07) is 8.38. The summed E-state index contributed by atoms with van der Waals surface area (Å²) in [5.74, 6) is -0.262. The molecule has 0 bridgehead atoms. The number of hydrogen-bond donors (Lipinski definition) is 1. The van der Waals surface area contributed by atoms with Gasteiger partial charge < -0.3 is 9.47 Å². The SMILES string of the molecule is Cn1cnc(-c2[c]ccc(CN3CC(=O)NC3=O)c2)c1. The van der Waals surface area contributed by atoms with E-state index in [0.29, 0.717) is 6.54 Å². The number of nitrogens with one attached hydrogen (secondary N) is 1. The second-order valence-corrected chi connectivity index (χ2v) is 4.74. The van der Waals surface area contributed by atoms with E-state index in [-0.39, 0.29) is 18.5 Å². The third-order valence-corrected chi connectivity index (χ3v) is 3.09. The first kappa shape index (κ1) is 12.4. The highest BCUT2D eigenvalue weighted by Gasteiger charge is 2.26. The lowest BCUT2D eigenvalue weighted by atomic mass is 10.1. The number of carbonyl (C=O) groups is 2. The zero-order chi connectivity index (χ0) is 14.1. The summed E-state index contributed by atoms with van der Waals surface area (Å²) in [4.78, 5) is 28.4. The molecule has 6 nitrogen and oxygen atoms in total. The number of aryl methyl sites for hydroxylation is 1. The lowest BCUT2D eigenvalue weighted by Gasteiger charge is -2.13. The molecular formula is C14H13N4O2. The van der Waals surface area contributed by atoms with Gasteiger partial charge in [0.15, 0.2) is 0 Å².